The van der Waals surface area contributed by atoms with Gasteiger partial charge in [-0.15, -0.1) is 0 Å². The molecular weight excluding hydrogens is 536 g/mol. The van der Waals surface area contributed by atoms with E-state index in [2.05, 4.69) is 25.7 Å². The van der Waals surface area contributed by atoms with Gasteiger partial charge in [0.25, 0.3) is 12.3 Å². The Morgan fingerprint density at radius 3 is 2.61 bits per heavy atom. The summed E-state index contributed by atoms with van der Waals surface area (Å²) in [5, 5.41) is 14.3. The lowest BCUT2D eigenvalue weighted by atomic mass is 9.98. The first-order valence-corrected chi connectivity index (χ1v) is 13.7. The second kappa shape index (κ2) is 11.6. The van der Waals surface area contributed by atoms with Gasteiger partial charge >= 0.3 is 6.09 Å². The highest BCUT2D eigenvalue weighted by Crippen LogP contribution is 2.32. The van der Waals surface area contributed by atoms with Gasteiger partial charge in [0.15, 0.2) is 5.69 Å². The van der Waals surface area contributed by atoms with Gasteiger partial charge in [-0.3, -0.25) is 19.1 Å². The molecule has 0 aliphatic carbocycles. The number of allylic oxidation sites excluding steroid dienone is 2. The van der Waals surface area contributed by atoms with Gasteiger partial charge in [0.2, 0.25) is 0 Å². The van der Waals surface area contributed by atoms with Crippen LogP contribution in [0.2, 0.25) is 0 Å². The number of piperidine rings is 1. The number of rotatable bonds is 8. The number of hydrogen-bond acceptors (Lipinski definition) is 8. The highest BCUT2D eigenvalue weighted by molar-refractivity contribution is 6.04. The van der Waals surface area contributed by atoms with Crippen molar-refractivity contribution in [1.29, 1.82) is 0 Å². The van der Waals surface area contributed by atoms with Gasteiger partial charge in [0, 0.05) is 56.7 Å². The van der Waals surface area contributed by atoms with Crippen LogP contribution >= 0.6 is 0 Å². The molecule has 0 spiro atoms. The van der Waals surface area contributed by atoms with Crippen LogP contribution < -0.4 is 16.4 Å². The summed E-state index contributed by atoms with van der Waals surface area (Å²) >= 11 is 0. The maximum atomic E-state index is 13.9. The first kappa shape index (κ1) is 28.7. The van der Waals surface area contributed by atoms with E-state index in [1.54, 1.807) is 27.9 Å². The Bertz CT molecular complexity index is 1320. The number of carbonyl (C=O) groups is 2. The molecule has 5 heterocycles. The Morgan fingerprint density at radius 1 is 1.22 bits per heavy atom. The van der Waals surface area contributed by atoms with Crippen LogP contribution in [0.15, 0.2) is 42.5 Å². The van der Waals surface area contributed by atoms with Crippen LogP contribution in [-0.4, -0.2) is 87.2 Å². The zero-order chi connectivity index (χ0) is 29.3. The van der Waals surface area contributed by atoms with Gasteiger partial charge in [-0.25, -0.2) is 13.6 Å². The molecule has 2 fully saturated rings. The van der Waals surface area contributed by atoms with E-state index in [1.165, 1.54) is 18.0 Å². The Balaban J connectivity index is 1.19. The van der Waals surface area contributed by atoms with Crippen LogP contribution in [0, 0.1) is 0 Å². The third-order valence-corrected chi connectivity index (χ3v) is 8.10. The molecule has 3 aliphatic rings. The zero-order valence-electron chi connectivity index (χ0n) is 23.5. The Labute approximate surface area is 237 Å². The molecule has 0 aromatic carbocycles. The number of halogens is 2. The largest absolute Gasteiger partial charge is 0.453 e. The predicted octanol–water partition coefficient (Wildman–Crippen LogP) is 2.52. The third-order valence-electron chi connectivity index (χ3n) is 8.10. The van der Waals surface area contributed by atoms with Crippen molar-refractivity contribution in [3.8, 4) is 0 Å². The van der Waals surface area contributed by atoms with E-state index in [1.807, 2.05) is 26.1 Å². The fourth-order valence-corrected chi connectivity index (χ4v) is 5.32. The topological polar surface area (TPSA) is 136 Å². The quantitative estimate of drug-likeness (QED) is 0.439. The highest BCUT2D eigenvalue weighted by Gasteiger charge is 2.37. The summed E-state index contributed by atoms with van der Waals surface area (Å²) in [7, 11) is 1.38. The summed E-state index contributed by atoms with van der Waals surface area (Å²) in [6.07, 6.45) is 8.80. The number of aromatic nitrogens is 4. The maximum absolute atomic E-state index is 13.9. The van der Waals surface area contributed by atoms with Crippen LogP contribution in [0.1, 0.15) is 56.5 Å². The van der Waals surface area contributed by atoms with Crippen molar-refractivity contribution in [2.24, 2.45) is 5.73 Å². The number of nitrogens with zero attached hydrogens (tertiary/aromatic N) is 6. The minimum absolute atomic E-state index is 0.0128. The minimum atomic E-state index is -2.84. The molecule has 2 aromatic rings. The van der Waals surface area contributed by atoms with Crippen LogP contribution in [0.5, 0.6) is 0 Å². The normalized spacial score (nSPS) is 20.5. The molecule has 4 N–H and O–H groups in total. The number of likely N-dealkylation sites (tertiary alicyclic amines) is 2. The molecule has 5 rings (SSSR count). The number of ether oxygens (including phenoxy) is 1. The van der Waals surface area contributed by atoms with Crippen LogP contribution in [-0.2, 0) is 15.1 Å². The fraction of sp³-hybridized carbons (Fsp3) is 0.556. The molecule has 0 bridgehead atoms. The second-order valence-electron chi connectivity index (χ2n) is 11.3. The molecule has 0 radical (unpaired) electrons. The first-order valence-electron chi connectivity index (χ1n) is 13.7. The van der Waals surface area contributed by atoms with Crippen molar-refractivity contribution in [2.75, 3.05) is 45.2 Å². The van der Waals surface area contributed by atoms with E-state index in [4.69, 9.17) is 10.5 Å². The molecular formula is C27H37F2N9O3. The highest BCUT2D eigenvalue weighted by atomic mass is 19.3. The number of carbonyl (C=O) groups excluding carboxylic acids is 2. The fourth-order valence-electron chi connectivity index (χ4n) is 5.32. The molecule has 222 valence electrons. The van der Waals surface area contributed by atoms with Crippen molar-refractivity contribution in [2.45, 2.75) is 56.8 Å². The smallest absolute Gasteiger partial charge is 0.409 e. The van der Waals surface area contributed by atoms with Crippen LogP contribution in [0.3, 0.4) is 0 Å². The number of nitrogens with two attached hydrogens (primary N) is 1. The van der Waals surface area contributed by atoms with Gasteiger partial charge in [-0.05, 0) is 32.8 Å². The minimum Gasteiger partial charge on any atom is -0.453 e. The van der Waals surface area contributed by atoms with Gasteiger partial charge < -0.3 is 26.0 Å². The molecule has 41 heavy (non-hydrogen) atoms. The molecule has 14 heteroatoms. The number of dihydropyridines is 1. The van der Waals surface area contributed by atoms with Crippen molar-refractivity contribution in [1.82, 2.24) is 34.7 Å². The van der Waals surface area contributed by atoms with Crippen molar-refractivity contribution in [3.05, 3.63) is 53.8 Å². The van der Waals surface area contributed by atoms with Crippen LogP contribution in [0.4, 0.5) is 19.3 Å². The Kier molecular flexibility index (Phi) is 8.13. The molecule has 1 unspecified atom stereocenters. The molecule has 2 saturated heterocycles. The molecule has 3 aliphatic heterocycles. The molecule has 2 amide bonds. The van der Waals surface area contributed by atoms with Crippen LogP contribution in [0.25, 0.3) is 0 Å². The SMILES string of the molecule is COC(=O)N1CCC(N2CC(n3cc(NC(=O)C4=CC=CC(c5cnn(C(C)(C)CN)c5)N4)c(C(F)F)n3)C2)CC1. The molecule has 2 aromatic heterocycles. The Morgan fingerprint density at radius 2 is 1.95 bits per heavy atom. The standard InChI is InChI=1S/C27H37F2N9O3/c1-27(2,16-30)38-12-17(11-31-38)20-5-4-6-21(32-20)25(39)33-22-15-37(34-23(22)24(28)29)19-13-36(14-19)18-7-9-35(10-8-18)26(40)41-3/h4-6,11-12,15,18-20,24,32H,7-10,13-14,16,30H2,1-3H3,(H,33,39). The summed E-state index contributed by atoms with van der Waals surface area (Å²) in [6, 6.07) is -0.0819. The Hall–Kier alpha value is -3.78. The number of hydrogen-bond donors (Lipinski definition) is 3. The lowest BCUT2D eigenvalue weighted by molar-refractivity contribution is -0.113. The van der Waals surface area contributed by atoms with E-state index in [9.17, 15) is 18.4 Å². The van der Waals surface area contributed by atoms with Crippen molar-refractivity contribution < 1.29 is 23.1 Å². The van der Waals surface area contributed by atoms with E-state index in [0.717, 1.165) is 18.4 Å². The van der Waals surface area contributed by atoms with Gasteiger partial charge in [-0.1, -0.05) is 12.2 Å². The van der Waals surface area contributed by atoms with Gasteiger partial charge in [-0.2, -0.15) is 10.2 Å². The molecule has 12 nitrogen and oxygen atoms in total. The molecule has 0 saturated carbocycles. The number of methoxy groups -OCH3 is 1. The second-order valence-corrected chi connectivity index (χ2v) is 11.3. The third kappa shape index (κ3) is 5.98. The monoisotopic (exact) mass is 573 g/mol. The summed E-state index contributed by atoms with van der Waals surface area (Å²) in [4.78, 5) is 28.8. The summed E-state index contributed by atoms with van der Waals surface area (Å²) in [6.45, 7) is 6.93. The van der Waals surface area contributed by atoms with Gasteiger partial charge in [0.1, 0.15) is 5.70 Å². The van der Waals surface area contributed by atoms with E-state index in [-0.39, 0.29) is 35.1 Å². The summed E-state index contributed by atoms with van der Waals surface area (Å²) in [5.74, 6) is -0.539. The number of nitrogens with one attached hydrogen (secondary N) is 2. The lowest BCUT2D eigenvalue weighted by Gasteiger charge is -2.46. The summed E-state index contributed by atoms with van der Waals surface area (Å²) < 4.78 is 35.9. The van der Waals surface area contributed by atoms with Crippen molar-refractivity contribution in [3.63, 3.8) is 0 Å². The zero-order valence-corrected chi connectivity index (χ0v) is 23.5. The number of amides is 2. The maximum Gasteiger partial charge on any atom is 0.409 e. The summed E-state index contributed by atoms with van der Waals surface area (Å²) in [5.41, 5.74) is 6.10. The van der Waals surface area contributed by atoms with E-state index < -0.39 is 18.0 Å². The van der Waals surface area contributed by atoms with Crippen molar-refractivity contribution >= 4 is 17.7 Å². The average Bonchev–Trinajstić information content (AvgIpc) is 3.61. The number of anilines is 1. The van der Waals surface area contributed by atoms with E-state index >= 15 is 0 Å². The van der Waals surface area contributed by atoms with E-state index in [0.29, 0.717) is 38.8 Å². The number of alkyl halides is 2. The lowest BCUT2D eigenvalue weighted by Crippen LogP contribution is -2.56. The predicted molar refractivity (Wildman–Crippen MR) is 147 cm³/mol. The first-order chi connectivity index (χ1) is 19.6. The average molecular weight is 574 g/mol. The molecule has 1 atom stereocenters. The van der Waals surface area contributed by atoms with Gasteiger partial charge in [0.05, 0.1) is 36.6 Å².